The van der Waals surface area contributed by atoms with E-state index in [0.29, 0.717) is 19.5 Å². The summed E-state index contributed by atoms with van der Waals surface area (Å²) in [7, 11) is 0. The Labute approximate surface area is 156 Å². The van der Waals surface area contributed by atoms with Crippen molar-refractivity contribution >= 4 is 11.8 Å². The fourth-order valence-electron chi connectivity index (χ4n) is 3.08. The van der Waals surface area contributed by atoms with Crippen LogP contribution in [-0.4, -0.2) is 36.3 Å². The van der Waals surface area contributed by atoms with Gasteiger partial charge in [-0.3, -0.25) is 9.59 Å². The number of hydrogen-bond acceptors (Lipinski definition) is 2. The van der Waals surface area contributed by atoms with Crippen molar-refractivity contribution in [2.75, 3.05) is 19.6 Å². The summed E-state index contributed by atoms with van der Waals surface area (Å²) in [6, 6.07) is 20.2. The molecule has 2 aromatic rings. The first kappa shape index (κ1) is 19.7. The second-order valence-electron chi connectivity index (χ2n) is 6.43. The minimum atomic E-state index is 0.00251. The molecule has 0 spiro atoms. The number of carbonyl (C=O) groups is 2. The number of nitrogens with one attached hydrogen (secondary N) is 1. The molecule has 2 rings (SSSR count). The van der Waals surface area contributed by atoms with Gasteiger partial charge in [0.1, 0.15) is 0 Å². The highest BCUT2D eigenvalue weighted by Crippen LogP contribution is 2.27. The van der Waals surface area contributed by atoms with Crippen molar-refractivity contribution in [3.8, 4) is 0 Å². The van der Waals surface area contributed by atoms with Crippen LogP contribution >= 0.6 is 0 Å². The number of rotatable bonds is 9. The molecule has 0 atom stereocenters. The van der Waals surface area contributed by atoms with Gasteiger partial charge in [0.05, 0.1) is 0 Å². The van der Waals surface area contributed by atoms with Gasteiger partial charge in [-0.05, 0) is 17.5 Å². The monoisotopic (exact) mass is 352 g/mol. The van der Waals surface area contributed by atoms with Crippen LogP contribution in [0.4, 0.5) is 0 Å². The molecule has 0 aliphatic heterocycles. The number of amides is 2. The summed E-state index contributed by atoms with van der Waals surface area (Å²) in [5.41, 5.74) is 2.26. The first-order valence-corrected chi connectivity index (χ1v) is 9.24. The number of carbonyl (C=O) groups excluding carboxylic acids is 2. The minimum absolute atomic E-state index is 0.00251. The number of benzene rings is 2. The van der Waals surface area contributed by atoms with Crippen molar-refractivity contribution in [1.82, 2.24) is 10.2 Å². The molecule has 0 aromatic heterocycles. The third-order valence-corrected chi connectivity index (χ3v) is 4.44. The van der Waals surface area contributed by atoms with Gasteiger partial charge >= 0.3 is 0 Å². The molecule has 0 fully saturated rings. The van der Waals surface area contributed by atoms with Crippen LogP contribution in [0, 0.1) is 0 Å². The highest BCUT2D eigenvalue weighted by Gasteiger charge is 2.18. The molecule has 0 aliphatic rings. The topological polar surface area (TPSA) is 49.4 Å². The van der Waals surface area contributed by atoms with E-state index in [2.05, 4.69) is 29.6 Å². The Bertz CT molecular complexity index is 646. The van der Waals surface area contributed by atoms with E-state index in [-0.39, 0.29) is 17.7 Å². The van der Waals surface area contributed by atoms with Crippen LogP contribution < -0.4 is 5.32 Å². The Kier molecular flexibility index (Phi) is 7.87. The van der Waals surface area contributed by atoms with Gasteiger partial charge in [0.2, 0.25) is 11.8 Å². The third kappa shape index (κ3) is 6.03. The Balaban J connectivity index is 1.98. The molecule has 0 radical (unpaired) electrons. The van der Waals surface area contributed by atoms with E-state index in [1.807, 2.05) is 43.3 Å². The van der Waals surface area contributed by atoms with E-state index in [9.17, 15) is 9.59 Å². The molecule has 26 heavy (non-hydrogen) atoms. The zero-order valence-corrected chi connectivity index (χ0v) is 15.7. The Morgan fingerprint density at radius 3 is 1.92 bits per heavy atom. The zero-order valence-electron chi connectivity index (χ0n) is 15.7. The average Bonchev–Trinajstić information content (AvgIpc) is 2.66. The van der Waals surface area contributed by atoms with E-state index in [4.69, 9.17) is 0 Å². The molecule has 2 aromatic carbocycles. The molecule has 0 unspecified atom stereocenters. The predicted octanol–water partition coefficient (Wildman–Crippen LogP) is 3.58. The van der Waals surface area contributed by atoms with Gasteiger partial charge in [-0.1, -0.05) is 67.6 Å². The van der Waals surface area contributed by atoms with Crippen molar-refractivity contribution in [1.29, 1.82) is 0 Å². The fourth-order valence-corrected chi connectivity index (χ4v) is 3.08. The van der Waals surface area contributed by atoms with E-state index in [1.54, 1.807) is 11.8 Å². The molecule has 0 heterocycles. The van der Waals surface area contributed by atoms with Crippen LogP contribution in [-0.2, 0) is 9.59 Å². The first-order valence-electron chi connectivity index (χ1n) is 9.24. The molecule has 1 N–H and O–H groups in total. The van der Waals surface area contributed by atoms with Crippen LogP contribution in [0.3, 0.4) is 0 Å². The van der Waals surface area contributed by atoms with Crippen LogP contribution in [0.15, 0.2) is 60.7 Å². The summed E-state index contributed by atoms with van der Waals surface area (Å²) in [6.45, 7) is 5.37. The van der Waals surface area contributed by atoms with Crippen molar-refractivity contribution in [2.24, 2.45) is 0 Å². The Morgan fingerprint density at radius 1 is 0.923 bits per heavy atom. The molecule has 0 aliphatic carbocycles. The van der Waals surface area contributed by atoms with Gasteiger partial charge in [0, 0.05) is 38.9 Å². The van der Waals surface area contributed by atoms with E-state index < -0.39 is 0 Å². The van der Waals surface area contributed by atoms with Crippen molar-refractivity contribution in [3.63, 3.8) is 0 Å². The summed E-state index contributed by atoms with van der Waals surface area (Å²) in [5, 5.41) is 2.96. The minimum Gasteiger partial charge on any atom is -0.354 e. The Hall–Kier alpha value is -2.62. The van der Waals surface area contributed by atoms with Gasteiger partial charge in [-0.2, -0.15) is 0 Å². The maximum Gasteiger partial charge on any atom is 0.221 e. The Morgan fingerprint density at radius 2 is 1.46 bits per heavy atom. The summed E-state index contributed by atoms with van der Waals surface area (Å²) in [5.74, 6) is 0.0761. The summed E-state index contributed by atoms with van der Waals surface area (Å²) >= 11 is 0. The SMILES string of the molecule is CCCN(CCNC(=O)CC(c1ccccc1)c1ccccc1)C(C)=O. The van der Waals surface area contributed by atoms with Crippen LogP contribution in [0.25, 0.3) is 0 Å². The van der Waals surface area contributed by atoms with E-state index >= 15 is 0 Å². The van der Waals surface area contributed by atoms with Gasteiger partial charge in [0.25, 0.3) is 0 Å². The lowest BCUT2D eigenvalue weighted by atomic mass is 9.88. The quantitative estimate of drug-likeness (QED) is 0.750. The maximum atomic E-state index is 12.5. The molecule has 2 amide bonds. The van der Waals surface area contributed by atoms with Crippen LogP contribution in [0.5, 0.6) is 0 Å². The normalized spacial score (nSPS) is 10.6. The van der Waals surface area contributed by atoms with Gasteiger partial charge in [-0.15, -0.1) is 0 Å². The molecule has 0 bridgehead atoms. The summed E-state index contributed by atoms with van der Waals surface area (Å²) in [6.07, 6.45) is 1.31. The zero-order chi connectivity index (χ0) is 18.8. The number of nitrogens with zero attached hydrogens (tertiary/aromatic N) is 1. The van der Waals surface area contributed by atoms with Gasteiger partial charge < -0.3 is 10.2 Å². The number of hydrogen-bond donors (Lipinski definition) is 1. The maximum absolute atomic E-state index is 12.5. The van der Waals surface area contributed by atoms with Crippen molar-refractivity contribution < 1.29 is 9.59 Å². The second kappa shape index (κ2) is 10.4. The highest BCUT2D eigenvalue weighted by molar-refractivity contribution is 5.77. The van der Waals surface area contributed by atoms with E-state index in [0.717, 1.165) is 24.1 Å². The van der Waals surface area contributed by atoms with Crippen molar-refractivity contribution in [3.05, 3.63) is 71.8 Å². The molecule has 4 heteroatoms. The van der Waals surface area contributed by atoms with Crippen molar-refractivity contribution in [2.45, 2.75) is 32.6 Å². The summed E-state index contributed by atoms with van der Waals surface area (Å²) in [4.78, 5) is 25.8. The highest BCUT2D eigenvalue weighted by atomic mass is 16.2. The lowest BCUT2D eigenvalue weighted by molar-refractivity contribution is -0.129. The lowest BCUT2D eigenvalue weighted by Crippen LogP contribution is -2.38. The fraction of sp³-hybridized carbons (Fsp3) is 0.364. The predicted molar refractivity (Wildman–Crippen MR) is 105 cm³/mol. The lowest BCUT2D eigenvalue weighted by Gasteiger charge is -2.21. The molecule has 0 saturated carbocycles. The largest absolute Gasteiger partial charge is 0.354 e. The smallest absolute Gasteiger partial charge is 0.221 e. The van der Waals surface area contributed by atoms with Gasteiger partial charge in [-0.25, -0.2) is 0 Å². The average molecular weight is 352 g/mol. The molecular formula is C22H28N2O2. The second-order valence-corrected chi connectivity index (χ2v) is 6.43. The molecule has 0 saturated heterocycles. The summed E-state index contributed by atoms with van der Waals surface area (Å²) < 4.78 is 0. The van der Waals surface area contributed by atoms with Crippen LogP contribution in [0.1, 0.15) is 43.7 Å². The first-order chi connectivity index (χ1) is 12.6. The van der Waals surface area contributed by atoms with Gasteiger partial charge in [0.15, 0.2) is 0 Å². The standard InChI is InChI=1S/C22H28N2O2/c1-3-15-24(18(2)25)16-14-23-22(26)17-21(19-10-6-4-7-11-19)20-12-8-5-9-13-20/h4-13,21H,3,14-17H2,1-2H3,(H,23,26). The van der Waals surface area contributed by atoms with Crippen LogP contribution in [0.2, 0.25) is 0 Å². The molecule has 4 nitrogen and oxygen atoms in total. The van der Waals surface area contributed by atoms with E-state index in [1.165, 1.54) is 0 Å². The molecule has 138 valence electrons. The third-order valence-electron chi connectivity index (χ3n) is 4.44. The molecular weight excluding hydrogens is 324 g/mol.